The summed E-state index contributed by atoms with van der Waals surface area (Å²) in [6.07, 6.45) is 4.22. The molecule has 5 rings (SSSR count). The molecular weight excluding hydrogens is 390 g/mol. The van der Waals surface area contributed by atoms with Gasteiger partial charge in [-0.15, -0.1) is 0 Å². The molecule has 2 aromatic heterocycles. The summed E-state index contributed by atoms with van der Waals surface area (Å²) in [5.41, 5.74) is 2.26. The first-order chi connectivity index (χ1) is 14.1. The largest absolute Gasteiger partial charge is 0.481 e. The Morgan fingerprint density at radius 1 is 1.48 bits per heavy atom. The van der Waals surface area contributed by atoms with Crippen molar-refractivity contribution in [2.45, 2.75) is 38.0 Å². The van der Waals surface area contributed by atoms with Crippen molar-refractivity contribution in [3.05, 3.63) is 35.3 Å². The molecule has 3 saturated heterocycles. The molecule has 9 heteroatoms. The van der Waals surface area contributed by atoms with Crippen molar-refractivity contribution in [2.24, 2.45) is 11.8 Å². The monoisotopic (exact) mass is 415 g/mol. The van der Waals surface area contributed by atoms with Gasteiger partial charge in [-0.2, -0.15) is 8.75 Å². The van der Waals surface area contributed by atoms with E-state index in [9.17, 15) is 4.79 Å². The number of aromatic nitrogens is 3. The molecule has 0 aliphatic carbocycles. The van der Waals surface area contributed by atoms with Crippen LogP contribution in [0.2, 0.25) is 0 Å². The van der Waals surface area contributed by atoms with Crippen LogP contribution in [0.3, 0.4) is 0 Å². The minimum absolute atomic E-state index is 0.0602. The normalized spacial score (nSPS) is 30.5. The molecule has 1 amide bonds. The number of carbonyl (C=O) groups is 1. The van der Waals surface area contributed by atoms with Crippen LogP contribution in [0.1, 0.15) is 34.6 Å². The van der Waals surface area contributed by atoms with Crippen molar-refractivity contribution in [3.63, 3.8) is 0 Å². The third-order valence-electron chi connectivity index (χ3n) is 6.63. The summed E-state index contributed by atoms with van der Waals surface area (Å²) < 4.78 is 20.0. The number of methoxy groups -OCH3 is 1. The molecule has 8 nitrogen and oxygen atoms in total. The van der Waals surface area contributed by atoms with Gasteiger partial charge in [0.2, 0.25) is 5.88 Å². The maximum absolute atomic E-state index is 12.5. The van der Waals surface area contributed by atoms with Gasteiger partial charge in [-0.05, 0) is 31.4 Å². The molecule has 0 unspecified atom stereocenters. The lowest BCUT2D eigenvalue weighted by atomic mass is 9.73. The van der Waals surface area contributed by atoms with Gasteiger partial charge < -0.3 is 14.8 Å². The van der Waals surface area contributed by atoms with Crippen molar-refractivity contribution in [2.75, 3.05) is 26.7 Å². The highest BCUT2D eigenvalue weighted by atomic mass is 32.1. The summed E-state index contributed by atoms with van der Waals surface area (Å²) in [6.45, 7) is 5.23. The molecule has 5 heterocycles. The Bertz CT molecular complexity index is 921. The van der Waals surface area contributed by atoms with Crippen LogP contribution in [0.4, 0.5) is 0 Å². The second-order valence-electron chi connectivity index (χ2n) is 8.31. The second kappa shape index (κ2) is 7.30. The van der Waals surface area contributed by atoms with E-state index in [-0.39, 0.29) is 17.6 Å². The highest BCUT2D eigenvalue weighted by Crippen LogP contribution is 2.54. The molecule has 3 aliphatic rings. The van der Waals surface area contributed by atoms with Crippen molar-refractivity contribution >= 4 is 17.6 Å². The summed E-state index contributed by atoms with van der Waals surface area (Å²) in [4.78, 5) is 19.1. The summed E-state index contributed by atoms with van der Waals surface area (Å²) in [7, 11) is 1.64. The molecule has 1 N–H and O–H groups in total. The zero-order valence-electron chi connectivity index (χ0n) is 16.6. The number of aryl methyl sites for hydroxylation is 1. The summed E-state index contributed by atoms with van der Waals surface area (Å²) >= 11 is 1.08. The van der Waals surface area contributed by atoms with Crippen LogP contribution in [0.5, 0.6) is 5.88 Å². The number of likely N-dealkylation sites (tertiary alicyclic amines) is 1. The predicted molar refractivity (Wildman–Crippen MR) is 107 cm³/mol. The van der Waals surface area contributed by atoms with E-state index in [1.807, 2.05) is 19.1 Å². The van der Waals surface area contributed by atoms with Gasteiger partial charge >= 0.3 is 0 Å². The first-order valence-corrected chi connectivity index (χ1v) is 10.8. The van der Waals surface area contributed by atoms with Crippen molar-refractivity contribution in [1.82, 2.24) is 23.9 Å². The van der Waals surface area contributed by atoms with Gasteiger partial charge in [-0.1, -0.05) is 0 Å². The lowest BCUT2D eigenvalue weighted by Gasteiger charge is -2.29. The summed E-state index contributed by atoms with van der Waals surface area (Å²) in [5, 5.41) is 3.08. The summed E-state index contributed by atoms with van der Waals surface area (Å²) in [6, 6.07) is 4.03. The Balaban J connectivity index is 1.25. The number of hydrogen-bond acceptors (Lipinski definition) is 8. The second-order valence-corrected chi connectivity index (χ2v) is 8.84. The van der Waals surface area contributed by atoms with E-state index in [1.54, 1.807) is 13.3 Å². The number of fused-ring (bicyclic) bond motifs is 1. The predicted octanol–water partition coefficient (Wildman–Crippen LogP) is 1.66. The standard InChI is InChI=1S/C20H25N5O3S/c1-12-18(24-29-23-12)19(26)22-8-14-15-10-25(11-20(15)5-3-16(14)28-20)9-13-4-6-21-17(7-13)27-2/h4,6-7,14-16H,3,5,8-11H2,1-2H3,(H,22,26)/t14-,15+,16+,20+/m0/s1. The van der Waals surface area contributed by atoms with E-state index >= 15 is 0 Å². The molecule has 1 spiro atoms. The molecule has 2 aromatic rings. The Labute approximate surface area is 173 Å². The number of carbonyl (C=O) groups excluding carboxylic acids is 1. The highest BCUT2D eigenvalue weighted by Gasteiger charge is 2.62. The lowest BCUT2D eigenvalue weighted by Crippen LogP contribution is -2.42. The number of ether oxygens (including phenoxy) is 2. The zero-order chi connectivity index (χ0) is 20.0. The van der Waals surface area contributed by atoms with Gasteiger partial charge in [0.1, 0.15) is 0 Å². The van der Waals surface area contributed by atoms with Crippen LogP contribution < -0.4 is 10.1 Å². The molecule has 0 aromatic carbocycles. The molecule has 3 aliphatic heterocycles. The molecule has 2 bridgehead atoms. The van der Waals surface area contributed by atoms with E-state index in [2.05, 4.69) is 23.9 Å². The van der Waals surface area contributed by atoms with Crippen LogP contribution >= 0.6 is 11.7 Å². The number of rotatable bonds is 6. The van der Waals surface area contributed by atoms with Gasteiger partial charge in [-0.25, -0.2) is 4.98 Å². The van der Waals surface area contributed by atoms with Gasteiger partial charge in [0.15, 0.2) is 5.69 Å². The third-order valence-corrected chi connectivity index (χ3v) is 7.25. The maximum Gasteiger partial charge on any atom is 0.272 e. The minimum Gasteiger partial charge on any atom is -0.481 e. The number of nitrogens with one attached hydrogen (secondary N) is 1. The summed E-state index contributed by atoms with van der Waals surface area (Å²) in [5.74, 6) is 1.30. The molecule has 4 atom stereocenters. The van der Waals surface area contributed by atoms with E-state index < -0.39 is 0 Å². The van der Waals surface area contributed by atoms with Crippen LogP contribution in [0.25, 0.3) is 0 Å². The molecule has 0 saturated carbocycles. The topological polar surface area (TPSA) is 89.5 Å². The van der Waals surface area contributed by atoms with Crippen LogP contribution in [-0.4, -0.2) is 63.0 Å². The lowest BCUT2D eigenvalue weighted by molar-refractivity contribution is 0.00212. The highest BCUT2D eigenvalue weighted by molar-refractivity contribution is 6.99. The maximum atomic E-state index is 12.5. The first-order valence-electron chi connectivity index (χ1n) is 10.0. The molecule has 0 radical (unpaired) electrons. The van der Waals surface area contributed by atoms with Gasteiger partial charge in [-0.3, -0.25) is 9.69 Å². The minimum atomic E-state index is -0.133. The fraction of sp³-hybridized carbons (Fsp3) is 0.600. The van der Waals surface area contributed by atoms with E-state index in [0.29, 0.717) is 35.6 Å². The van der Waals surface area contributed by atoms with Gasteiger partial charge in [0.25, 0.3) is 5.91 Å². The SMILES string of the molecule is COc1cc(CN2C[C@@H]3[C@H](CNC(=O)c4nsnc4C)[C@H]4CC[C@]3(C2)O4)ccn1. The van der Waals surface area contributed by atoms with E-state index in [1.165, 1.54) is 5.56 Å². The van der Waals surface area contributed by atoms with E-state index in [0.717, 1.165) is 44.2 Å². The Kier molecular flexibility index (Phi) is 4.76. The molecular formula is C20H25N5O3S. The Hall–Kier alpha value is -2.10. The fourth-order valence-corrected chi connectivity index (χ4v) is 5.88. The van der Waals surface area contributed by atoms with Gasteiger partial charge in [0.05, 0.1) is 36.2 Å². The van der Waals surface area contributed by atoms with Crippen LogP contribution in [0.15, 0.2) is 18.3 Å². The average molecular weight is 416 g/mol. The smallest absolute Gasteiger partial charge is 0.272 e. The fourth-order valence-electron chi connectivity index (χ4n) is 5.33. The first kappa shape index (κ1) is 18.9. The quantitative estimate of drug-likeness (QED) is 0.767. The number of hydrogen-bond donors (Lipinski definition) is 1. The Morgan fingerprint density at radius 3 is 3.17 bits per heavy atom. The number of pyridine rings is 1. The molecule has 154 valence electrons. The molecule has 29 heavy (non-hydrogen) atoms. The number of nitrogens with zero attached hydrogens (tertiary/aromatic N) is 4. The van der Waals surface area contributed by atoms with Crippen molar-refractivity contribution in [3.8, 4) is 5.88 Å². The van der Waals surface area contributed by atoms with E-state index in [4.69, 9.17) is 9.47 Å². The van der Waals surface area contributed by atoms with Crippen molar-refractivity contribution in [1.29, 1.82) is 0 Å². The van der Waals surface area contributed by atoms with Gasteiger partial charge in [0, 0.05) is 50.3 Å². The molecule has 3 fully saturated rings. The Morgan fingerprint density at radius 2 is 2.38 bits per heavy atom. The average Bonchev–Trinajstić information content (AvgIpc) is 3.46. The van der Waals surface area contributed by atoms with Crippen molar-refractivity contribution < 1.29 is 14.3 Å². The number of amides is 1. The third kappa shape index (κ3) is 3.31. The van der Waals surface area contributed by atoms with Crippen LogP contribution in [0, 0.1) is 18.8 Å². The zero-order valence-corrected chi connectivity index (χ0v) is 17.4. The van der Waals surface area contributed by atoms with Crippen LogP contribution in [-0.2, 0) is 11.3 Å².